The first-order valence-electron chi connectivity index (χ1n) is 4.83. The molecule has 0 atom stereocenters. The first-order chi connectivity index (χ1) is 6.42. The molecule has 0 aromatic heterocycles. The lowest BCUT2D eigenvalue weighted by molar-refractivity contribution is 0.639. The molecular formula is C12H15N. The van der Waals surface area contributed by atoms with Crippen molar-refractivity contribution in [3.05, 3.63) is 47.5 Å². The van der Waals surface area contributed by atoms with Crippen LogP contribution in [0.4, 0.5) is 0 Å². The van der Waals surface area contributed by atoms with Gasteiger partial charge in [0.2, 0.25) is 0 Å². The van der Waals surface area contributed by atoms with Crippen LogP contribution in [0.3, 0.4) is 0 Å². The number of rotatable bonds is 2. The third-order valence-corrected chi connectivity index (χ3v) is 2.61. The summed E-state index contributed by atoms with van der Waals surface area (Å²) in [5, 5.41) is 3.41. The van der Waals surface area contributed by atoms with Crippen molar-refractivity contribution < 1.29 is 0 Å². The largest absolute Gasteiger partial charge is 0.312 e. The van der Waals surface area contributed by atoms with E-state index in [9.17, 15) is 0 Å². The molecule has 0 amide bonds. The summed E-state index contributed by atoms with van der Waals surface area (Å²) in [6, 6.07) is 6.60. The summed E-state index contributed by atoms with van der Waals surface area (Å²) < 4.78 is 0. The Kier molecular flexibility index (Phi) is 2.46. The van der Waals surface area contributed by atoms with Gasteiger partial charge in [0, 0.05) is 6.54 Å². The van der Waals surface area contributed by atoms with E-state index in [4.69, 9.17) is 0 Å². The molecule has 1 aromatic carbocycles. The molecule has 13 heavy (non-hydrogen) atoms. The number of nitrogens with one attached hydrogen (secondary N) is 1. The summed E-state index contributed by atoms with van der Waals surface area (Å²) in [5.41, 5.74) is 4.44. The summed E-state index contributed by atoms with van der Waals surface area (Å²) >= 11 is 0. The average Bonchev–Trinajstić information content (AvgIpc) is 2.19. The van der Waals surface area contributed by atoms with Gasteiger partial charge in [-0.3, -0.25) is 0 Å². The zero-order chi connectivity index (χ0) is 9.10. The molecule has 0 spiro atoms. The highest BCUT2D eigenvalue weighted by molar-refractivity contribution is 5.37. The Bertz CT molecular complexity index is 315. The van der Waals surface area contributed by atoms with Crippen LogP contribution in [-0.2, 0) is 19.4 Å². The second-order valence-electron chi connectivity index (χ2n) is 3.47. The summed E-state index contributed by atoms with van der Waals surface area (Å²) in [6.45, 7) is 5.93. The Morgan fingerprint density at radius 3 is 3.23 bits per heavy atom. The lowest BCUT2D eigenvalue weighted by Crippen LogP contribution is -2.24. The van der Waals surface area contributed by atoms with E-state index in [1.54, 1.807) is 0 Å². The molecule has 1 heteroatoms. The van der Waals surface area contributed by atoms with Crippen molar-refractivity contribution in [2.75, 3.05) is 6.54 Å². The van der Waals surface area contributed by atoms with Gasteiger partial charge in [-0.25, -0.2) is 0 Å². The van der Waals surface area contributed by atoms with Gasteiger partial charge in [-0.2, -0.15) is 0 Å². The second kappa shape index (κ2) is 3.75. The summed E-state index contributed by atoms with van der Waals surface area (Å²) in [5.74, 6) is 0. The van der Waals surface area contributed by atoms with Crippen molar-refractivity contribution in [1.82, 2.24) is 5.32 Å². The molecule has 0 bridgehead atoms. The average molecular weight is 173 g/mol. The number of allylic oxidation sites excluding steroid dienone is 1. The molecule has 0 unspecified atom stereocenters. The van der Waals surface area contributed by atoms with Gasteiger partial charge in [0.15, 0.2) is 0 Å². The minimum atomic E-state index is 0.991. The Morgan fingerprint density at radius 2 is 2.38 bits per heavy atom. The first kappa shape index (κ1) is 8.52. The standard InChI is InChI=1S/C12H15N/c1-2-4-10-5-3-6-11-7-8-13-9-12(10)11/h2-3,5-6,13H,1,4,7-9H2. The van der Waals surface area contributed by atoms with E-state index < -0.39 is 0 Å². The molecule has 1 aromatic rings. The fraction of sp³-hybridized carbons (Fsp3) is 0.333. The molecule has 0 radical (unpaired) electrons. The van der Waals surface area contributed by atoms with Crippen LogP contribution >= 0.6 is 0 Å². The van der Waals surface area contributed by atoms with Crippen LogP contribution in [0, 0.1) is 0 Å². The normalized spacial score (nSPS) is 15.1. The highest BCUT2D eigenvalue weighted by Gasteiger charge is 2.10. The Morgan fingerprint density at radius 1 is 1.46 bits per heavy atom. The van der Waals surface area contributed by atoms with Gasteiger partial charge in [-0.15, -0.1) is 6.58 Å². The van der Waals surface area contributed by atoms with Crippen LogP contribution in [0.15, 0.2) is 30.9 Å². The van der Waals surface area contributed by atoms with Gasteiger partial charge in [0.25, 0.3) is 0 Å². The van der Waals surface area contributed by atoms with Crippen molar-refractivity contribution >= 4 is 0 Å². The van der Waals surface area contributed by atoms with Gasteiger partial charge in [0.1, 0.15) is 0 Å². The molecule has 0 saturated carbocycles. The van der Waals surface area contributed by atoms with Gasteiger partial charge >= 0.3 is 0 Å². The molecule has 1 aliphatic rings. The third-order valence-electron chi connectivity index (χ3n) is 2.61. The van der Waals surface area contributed by atoms with E-state index in [1.165, 1.54) is 23.1 Å². The molecule has 1 nitrogen and oxygen atoms in total. The number of benzene rings is 1. The Labute approximate surface area is 79.5 Å². The van der Waals surface area contributed by atoms with Crippen LogP contribution in [0.1, 0.15) is 16.7 Å². The maximum absolute atomic E-state index is 3.78. The predicted octanol–water partition coefficient (Wildman–Crippen LogP) is 2.06. The minimum absolute atomic E-state index is 0.991. The number of hydrogen-bond donors (Lipinski definition) is 1. The zero-order valence-electron chi connectivity index (χ0n) is 7.84. The number of hydrogen-bond acceptors (Lipinski definition) is 1. The maximum atomic E-state index is 3.78. The van der Waals surface area contributed by atoms with Crippen molar-refractivity contribution in [2.45, 2.75) is 19.4 Å². The molecule has 1 N–H and O–H groups in total. The van der Waals surface area contributed by atoms with E-state index in [2.05, 4.69) is 30.1 Å². The molecule has 1 heterocycles. The van der Waals surface area contributed by atoms with Crippen LogP contribution < -0.4 is 5.32 Å². The smallest absolute Gasteiger partial charge is 0.0211 e. The van der Waals surface area contributed by atoms with Gasteiger partial charge < -0.3 is 5.32 Å². The summed E-state index contributed by atoms with van der Waals surface area (Å²) in [6.07, 6.45) is 4.13. The molecule has 2 rings (SSSR count). The molecule has 68 valence electrons. The SMILES string of the molecule is C=CCc1cccc2c1CNCC2. The fourth-order valence-electron chi connectivity index (χ4n) is 1.93. The molecule has 0 aliphatic carbocycles. The van der Waals surface area contributed by atoms with E-state index in [1.807, 2.05) is 6.08 Å². The molecular weight excluding hydrogens is 158 g/mol. The van der Waals surface area contributed by atoms with E-state index in [-0.39, 0.29) is 0 Å². The Balaban J connectivity index is 2.39. The summed E-state index contributed by atoms with van der Waals surface area (Å²) in [4.78, 5) is 0. The highest BCUT2D eigenvalue weighted by Crippen LogP contribution is 2.18. The third kappa shape index (κ3) is 1.65. The van der Waals surface area contributed by atoms with Crippen LogP contribution in [0.25, 0.3) is 0 Å². The highest BCUT2D eigenvalue weighted by atomic mass is 14.9. The second-order valence-corrected chi connectivity index (χ2v) is 3.47. The zero-order valence-corrected chi connectivity index (χ0v) is 7.84. The molecule has 0 fully saturated rings. The lowest BCUT2D eigenvalue weighted by Gasteiger charge is -2.19. The minimum Gasteiger partial charge on any atom is -0.312 e. The topological polar surface area (TPSA) is 12.0 Å². The van der Waals surface area contributed by atoms with E-state index in [0.717, 1.165) is 19.5 Å². The molecule has 0 saturated heterocycles. The number of fused-ring (bicyclic) bond motifs is 1. The lowest BCUT2D eigenvalue weighted by atomic mass is 9.94. The fourth-order valence-corrected chi connectivity index (χ4v) is 1.93. The quantitative estimate of drug-likeness (QED) is 0.675. The van der Waals surface area contributed by atoms with Crippen molar-refractivity contribution in [3.63, 3.8) is 0 Å². The first-order valence-corrected chi connectivity index (χ1v) is 4.83. The van der Waals surface area contributed by atoms with Gasteiger partial charge in [-0.1, -0.05) is 24.3 Å². The monoisotopic (exact) mass is 173 g/mol. The van der Waals surface area contributed by atoms with Crippen LogP contribution in [0.2, 0.25) is 0 Å². The Hall–Kier alpha value is -1.08. The van der Waals surface area contributed by atoms with E-state index in [0.29, 0.717) is 0 Å². The maximum Gasteiger partial charge on any atom is 0.0211 e. The van der Waals surface area contributed by atoms with Crippen molar-refractivity contribution in [3.8, 4) is 0 Å². The van der Waals surface area contributed by atoms with Crippen LogP contribution in [-0.4, -0.2) is 6.54 Å². The summed E-state index contributed by atoms with van der Waals surface area (Å²) in [7, 11) is 0. The molecule has 1 aliphatic heterocycles. The predicted molar refractivity (Wildman–Crippen MR) is 55.8 cm³/mol. The van der Waals surface area contributed by atoms with Crippen molar-refractivity contribution in [2.24, 2.45) is 0 Å². The van der Waals surface area contributed by atoms with Crippen LogP contribution in [0.5, 0.6) is 0 Å². The van der Waals surface area contributed by atoms with E-state index >= 15 is 0 Å². The van der Waals surface area contributed by atoms with Crippen molar-refractivity contribution in [1.29, 1.82) is 0 Å². The van der Waals surface area contributed by atoms with Gasteiger partial charge in [0.05, 0.1) is 0 Å². The van der Waals surface area contributed by atoms with Gasteiger partial charge in [-0.05, 0) is 36.1 Å².